The number of hydrogen-bond acceptors (Lipinski definition) is 8. The van der Waals surface area contributed by atoms with Gasteiger partial charge in [0, 0.05) is 49.4 Å². The third-order valence-electron chi connectivity index (χ3n) is 5.60. The topological polar surface area (TPSA) is 100 Å². The van der Waals surface area contributed by atoms with Gasteiger partial charge in [0.05, 0.1) is 12.1 Å². The summed E-state index contributed by atoms with van der Waals surface area (Å²) in [7, 11) is 0. The maximum absolute atomic E-state index is 11.3. The quantitative estimate of drug-likeness (QED) is 0.509. The summed E-state index contributed by atoms with van der Waals surface area (Å²) in [6.07, 6.45) is 3.80. The van der Waals surface area contributed by atoms with E-state index in [1.165, 1.54) is 11.5 Å². The van der Waals surface area contributed by atoms with E-state index in [-0.39, 0.29) is 18.3 Å². The summed E-state index contributed by atoms with van der Waals surface area (Å²) < 4.78 is 10.1. The predicted molar refractivity (Wildman–Crippen MR) is 128 cm³/mol. The standard InChI is InChI=1S/C23H35N5O3S/c1-14(2)13-28(18-6-8-31-9-7-18)22-19(25-23-26-21(15(3)4)27-32-23)11-17(12-24-22)16(5)10-20(29)30/h11-12,14-16,18H,6-10,13H2,1-5H3,(H,29,30)(H,25,26,27). The van der Waals surface area contributed by atoms with E-state index in [0.29, 0.717) is 12.0 Å². The number of nitrogens with zero attached hydrogens (tertiary/aromatic N) is 4. The van der Waals surface area contributed by atoms with Crippen molar-refractivity contribution in [3.63, 3.8) is 0 Å². The Morgan fingerprint density at radius 1 is 1.28 bits per heavy atom. The molecule has 0 radical (unpaired) electrons. The van der Waals surface area contributed by atoms with Crippen LogP contribution in [-0.4, -0.2) is 51.2 Å². The number of carboxylic acids is 1. The number of aliphatic carboxylic acids is 1. The summed E-state index contributed by atoms with van der Waals surface area (Å²) in [4.78, 5) is 23.1. The molecule has 8 nitrogen and oxygen atoms in total. The van der Waals surface area contributed by atoms with Gasteiger partial charge in [0.1, 0.15) is 5.82 Å². The molecular formula is C23H35N5O3S. The molecule has 3 heterocycles. The van der Waals surface area contributed by atoms with Crippen LogP contribution in [0.3, 0.4) is 0 Å². The van der Waals surface area contributed by atoms with Gasteiger partial charge in [-0.2, -0.15) is 4.37 Å². The Morgan fingerprint density at radius 2 is 2.00 bits per heavy atom. The van der Waals surface area contributed by atoms with Crippen LogP contribution >= 0.6 is 11.5 Å². The average molecular weight is 462 g/mol. The van der Waals surface area contributed by atoms with Gasteiger partial charge in [-0.3, -0.25) is 4.79 Å². The highest BCUT2D eigenvalue weighted by Crippen LogP contribution is 2.34. The smallest absolute Gasteiger partial charge is 0.303 e. The van der Waals surface area contributed by atoms with E-state index >= 15 is 0 Å². The Balaban J connectivity index is 2.00. The van der Waals surface area contributed by atoms with E-state index in [1.54, 1.807) is 0 Å². The minimum absolute atomic E-state index is 0.0619. The number of ether oxygens (including phenoxy) is 1. The first-order valence-electron chi connectivity index (χ1n) is 11.4. The van der Waals surface area contributed by atoms with Crippen molar-refractivity contribution < 1.29 is 14.6 Å². The van der Waals surface area contributed by atoms with Gasteiger partial charge in [-0.05, 0) is 36.3 Å². The summed E-state index contributed by atoms with van der Waals surface area (Å²) in [6, 6.07) is 2.38. The first kappa shape index (κ1) is 24.4. The molecule has 1 atom stereocenters. The lowest BCUT2D eigenvalue weighted by atomic mass is 9.98. The molecule has 0 saturated carbocycles. The monoisotopic (exact) mass is 461 g/mol. The number of anilines is 3. The molecule has 32 heavy (non-hydrogen) atoms. The van der Waals surface area contributed by atoms with Crippen molar-refractivity contribution in [2.24, 2.45) is 5.92 Å². The second-order valence-corrected chi connectivity index (χ2v) is 10.0. The number of carbonyl (C=O) groups is 1. The highest BCUT2D eigenvalue weighted by molar-refractivity contribution is 7.09. The van der Waals surface area contributed by atoms with Crippen LogP contribution < -0.4 is 10.2 Å². The summed E-state index contributed by atoms with van der Waals surface area (Å²) in [5.74, 6) is 1.44. The molecule has 1 aliphatic rings. The molecule has 1 fully saturated rings. The average Bonchev–Trinajstić information content (AvgIpc) is 3.21. The molecule has 0 amide bonds. The lowest BCUT2D eigenvalue weighted by Gasteiger charge is -2.37. The SMILES string of the molecule is CC(C)CN(c1ncc(C(C)CC(=O)O)cc1Nc1nc(C(C)C)ns1)C1CCOCC1. The highest BCUT2D eigenvalue weighted by atomic mass is 32.1. The first-order chi connectivity index (χ1) is 15.2. The molecular weight excluding hydrogens is 426 g/mol. The lowest BCUT2D eigenvalue weighted by Crippen LogP contribution is -2.42. The number of carboxylic acid groups (broad SMARTS) is 1. The molecule has 1 aliphatic heterocycles. The molecule has 0 bridgehead atoms. The fraction of sp³-hybridized carbons (Fsp3) is 0.652. The number of nitrogens with one attached hydrogen (secondary N) is 1. The fourth-order valence-corrected chi connectivity index (χ4v) is 4.60. The Bertz CT molecular complexity index is 896. The minimum atomic E-state index is -0.814. The van der Waals surface area contributed by atoms with Gasteiger partial charge in [0.15, 0.2) is 5.82 Å². The van der Waals surface area contributed by atoms with Crippen molar-refractivity contribution in [2.45, 2.75) is 71.8 Å². The highest BCUT2D eigenvalue weighted by Gasteiger charge is 2.27. The molecule has 0 spiro atoms. The van der Waals surface area contributed by atoms with Crippen LogP contribution in [0.25, 0.3) is 0 Å². The molecule has 9 heteroatoms. The zero-order valence-corrected chi connectivity index (χ0v) is 20.5. The summed E-state index contributed by atoms with van der Waals surface area (Å²) in [6.45, 7) is 12.9. The first-order valence-corrected chi connectivity index (χ1v) is 12.2. The largest absolute Gasteiger partial charge is 0.481 e. The summed E-state index contributed by atoms with van der Waals surface area (Å²) >= 11 is 1.33. The Kier molecular flexibility index (Phi) is 8.42. The van der Waals surface area contributed by atoms with Gasteiger partial charge >= 0.3 is 5.97 Å². The van der Waals surface area contributed by atoms with Crippen LogP contribution in [0.2, 0.25) is 0 Å². The lowest BCUT2D eigenvalue weighted by molar-refractivity contribution is -0.137. The molecule has 2 aromatic heterocycles. The molecule has 0 aromatic carbocycles. The molecule has 1 saturated heterocycles. The van der Waals surface area contributed by atoms with Gasteiger partial charge < -0.3 is 20.1 Å². The van der Waals surface area contributed by atoms with E-state index in [0.717, 1.165) is 60.6 Å². The van der Waals surface area contributed by atoms with Crippen LogP contribution in [0.5, 0.6) is 0 Å². The van der Waals surface area contributed by atoms with Gasteiger partial charge in [-0.1, -0.05) is 34.6 Å². The molecule has 3 rings (SSSR count). The van der Waals surface area contributed by atoms with Crippen molar-refractivity contribution >= 4 is 34.1 Å². The molecule has 2 aromatic rings. The van der Waals surface area contributed by atoms with Crippen LogP contribution in [0.4, 0.5) is 16.6 Å². The number of aromatic nitrogens is 3. The minimum Gasteiger partial charge on any atom is -0.481 e. The molecule has 2 N–H and O–H groups in total. The summed E-state index contributed by atoms with van der Waals surface area (Å²) in [5, 5.41) is 13.4. The predicted octanol–water partition coefficient (Wildman–Crippen LogP) is 5.02. The molecule has 176 valence electrons. The van der Waals surface area contributed by atoms with E-state index < -0.39 is 5.97 Å². The molecule has 1 unspecified atom stereocenters. The van der Waals surface area contributed by atoms with Crippen molar-refractivity contribution in [1.29, 1.82) is 0 Å². The third kappa shape index (κ3) is 6.38. The fourth-order valence-electron chi connectivity index (χ4n) is 3.88. The van der Waals surface area contributed by atoms with Crippen molar-refractivity contribution in [2.75, 3.05) is 30.0 Å². The third-order valence-corrected chi connectivity index (χ3v) is 6.25. The number of hydrogen-bond donors (Lipinski definition) is 2. The zero-order valence-electron chi connectivity index (χ0n) is 19.7. The van der Waals surface area contributed by atoms with Crippen LogP contribution in [0.1, 0.15) is 77.1 Å². The van der Waals surface area contributed by atoms with Gasteiger partial charge in [-0.15, -0.1) is 0 Å². The van der Waals surface area contributed by atoms with Crippen molar-refractivity contribution in [3.05, 3.63) is 23.7 Å². The van der Waals surface area contributed by atoms with E-state index in [9.17, 15) is 9.90 Å². The van der Waals surface area contributed by atoms with Crippen LogP contribution in [0.15, 0.2) is 12.3 Å². The Morgan fingerprint density at radius 3 is 2.59 bits per heavy atom. The number of rotatable bonds is 10. The van der Waals surface area contributed by atoms with Crippen LogP contribution in [0, 0.1) is 5.92 Å². The van der Waals surface area contributed by atoms with E-state index in [2.05, 4.69) is 47.3 Å². The second-order valence-electron chi connectivity index (χ2n) is 9.27. The summed E-state index contributed by atoms with van der Waals surface area (Å²) in [5.41, 5.74) is 1.74. The van der Waals surface area contributed by atoms with Crippen LogP contribution in [-0.2, 0) is 9.53 Å². The van der Waals surface area contributed by atoms with Gasteiger partial charge in [0.25, 0.3) is 0 Å². The zero-order chi connectivity index (χ0) is 23.3. The normalized spacial score (nSPS) is 15.8. The second kappa shape index (κ2) is 11.0. The van der Waals surface area contributed by atoms with Crippen molar-refractivity contribution in [3.8, 4) is 0 Å². The van der Waals surface area contributed by atoms with E-state index in [4.69, 9.17) is 9.72 Å². The van der Waals surface area contributed by atoms with Crippen molar-refractivity contribution in [1.82, 2.24) is 14.3 Å². The van der Waals surface area contributed by atoms with Gasteiger partial charge in [-0.25, -0.2) is 9.97 Å². The Hall–Kier alpha value is -2.26. The maximum Gasteiger partial charge on any atom is 0.303 e. The maximum atomic E-state index is 11.3. The molecule has 0 aliphatic carbocycles. The number of pyridine rings is 1. The van der Waals surface area contributed by atoms with E-state index in [1.807, 2.05) is 19.2 Å². The Labute approximate surface area is 194 Å². The van der Waals surface area contributed by atoms with Gasteiger partial charge in [0.2, 0.25) is 5.13 Å².